The van der Waals surface area contributed by atoms with Crippen LogP contribution >= 0.6 is 23.1 Å². The summed E-state index contributed by atoms with van der Waals surface area (Å²) >= 11 is 2.39. The predicted octanol–water partition coefficient (Wildman–Crippen LogP) is 1.04. The minimum Gasteiger partial charge on any atom is -0.481 e. The van der Waals surface area contributed by atoms with Crippen LogP contribution in [0.4, 0.5) is 4.79 Å². The summed E-state index contributed by atoms with van der Waals surface area (Å²) in [6.45, 7) is 0.472. The topological polar surface area (TPSA) is 121 Å². The molecule has 9 nitrogen and oxygen atoms in total. The number of thioether (sulfide) groups is 1. The summed E-state index contributed by atoms with van der Waals surface area (Å²) in [5, 5.41) is 20.6. The van der Waals surface area contributed by atoms with Crippen molar-refractivity contribution in [3.8, 4) is 0 Å². The molecule has 22 heavy (non-hydrogen) atoms. The van der Waals surface area contributed by atoms with Crippen molar-refractivity contribution < 1.29 is 19.1 Å². The van der Waals surface area contributed by atoms with E-state index >= 15 is 0 Å². The first kappa shape index (κ1) is 16.2. The molecule has 11 heteroatoms. The van der Waals surface area contributed by atoms with Crippen LogP contribution in [0.1, 0.15) is 11.6 Å². The molecule has 0 bridgehead atoms. The Hall–Kier alpha value is -2.14. The van der Waals surface area contributed by atoms with E-state index in [4.69, 9.17) is 9.52 Å². The molecule has 0 radical (unpaired) electrons. The van der Waals surface area contributed by atoms with Crippen LogP contribution in [0.5, 0.6) is 0 Å². The molecule has 2 rings (SSSR count). The zero-order valence-corrected chi connectivity index (χ0v) is 13.2. The van der Waals surface area contributed by atoms with Gasteiger partial charge in [-0.3, -0.25) is 4.79 Å². The second-order valence-corrected chi connectivity index (χ2v) is 5.78. The van der Waals surface area contributed by atoms with Crippen molar-refractivity contribution in [2.45, 2.75) is 18.3 Å². The molecule has 0 spiro atoms. The molecule has 0 aromatic carbocycles. The van der Waals surface area contributed by atoms with E-state index in [-0.39, 0.29) is 29.4 Å². The fourth-order valence-electron chi connectivity index (χ4n) is 1.41. The lowest BCUT2D eigenvalue weighted by atomic mass is 10.4. The van der Waals surface area contributed by atoms with E-state index in [0.717, 1.165) is 17.5 Å². The molecule has 0 atom stereocenters. The van der Waals surface area contributed by atoms with Gasteiger partial charge in [0, 0.05) is 12.4 Å². The van der Waals surface area contributed by atoms with Crippen LogP contribution in [0.25, 0.3) is 0 Å². The third-order valence-corrected chi connectivity index (χ3v) is 3.83. The van der Waals surface area contributed by atoms with Gasteiger partial charge in [-0.25, -0.2) is 9.78 Å². The molecule has 2 heterocycles. The molecule has 0 aliphatic heterocycles. The number of nitrogens with zero attached hydrogens (tertiary/aromatic N) is 4. The first-order valence-electron chi connectivity index (χ1n) is 6.07. The van der Waals surface area contributed by atoms with Gasteiger partial charge in [0.15, 0.2) is 0 Å². The Balaban J connectivity index is 1.77. The number of nitrogens with one attached hydrogen (secondary N) is 1. The molecule has 0 aliphatic carbocycles. The highest BCUT2D eigenvalue weighted by Gasteiger charge is 2.13. The van der Waals surface area contributed by atoms with Gasteiger partial charge in [-0.1, -0.05) is 11.8 Å². The number of carbonyl (C=O) groups is 2. The Morgan fingerprint density at radius 2 is 2.32 bits per heavy atom. The van der Waals surface area contributed by atoms with Crippen LogP contribution in [-0.2, 0) is 17.9 Å². The van der Waals surface area contributed by atoms with Crippen molar-refractivity contribution in [2.75, 3.05) is 12.8 Å². The average molecular weight is 343 g/mol. The fraction of sp³-hybridized carbons (Fsp3) is 0.364. The van der Waals surface area contributed by atoms with E-state index in [2.05, 4.69) is 20.5 Å². The van der Waals surface area contributed by atoms with Crippen LogP contribution in [0, 0.1) is 0 Å². The van der Waals surface area contributed by atoms with Crippen molar-refractivity contribution in [1.29, 1.82) is 0 Å². The number of carboxylic acid groups (broad SMARTS) is 1. The van der Waals surface area contributed by atoms with Crippen LogP contribution in [-0.4, -0.2) is 50.0 Å². The quantitative estimate of drug-likeness (QED) is 0.715. The first-order chi connectivity index (χ1) is 10.5. The van der Waals surface area contributed by atoms with Gasteiger partial charge >= 0.3 is 12.0 Å². The monoisotopic (exact) mass is 343 g/mol. The lowest BCUT2D eigenvalue weighted by molar-refractivity contribution is -0.133. The smallest absolute Gasteiger partial charge is 0.317 e. The summed E-state index contributed by atoms with van der Waals surface area (Å²) in [7, 11) is 1.65. The highest BCUT2D eigenvalue weighted by atomic mass is 32.2. The fourth-order valence-corrected chi connectivity index (χ4v) is 2.46. The number of hydrogen-bond donors (Lipinski definition) is 2. The molecule has 0 saturated heterocycles. The maximum atomic E-state index is 11.9. The van der Waals surface area contributed by atoms with Gasteiger partial charge in [-0.15, -0.1) is 21.5 Å². The number of aromatic nitrogens is 3. The number of rotatable bonds is 7. The maximum Gasteiger partial charge on any atom is 0.317 e. The summed E-state index contributed by atoms with van der Waals surface area (Å²) in [5.41, 5.74) is 2.52. The second kappa shape index (κ2) is 7.75. The molecular formula is C11H13N5O4S2. The number of amides is 2. The Kier molecular flexibility index (Phi) is 5.72. The number of carboxylic acids is 1. The Bertz CT molecular complexity index is 630. The molecule has 0 unspecified atom stereocenters. The van der Waals surface area contributed by atoms with Crippen LogP contribution < -0.4 is 5.32 Å². The summed E-state index contributed by atoms with van der Waals surface area (Å²) in [5.74, 6) is -0.922. The minimum atomic E-state index is -0.971. The van der Waals surface area contributed by atoms with Crippen molar-refractivity contribution in [1.82, 2.24) is 25.4 Å². The van der Waals surface area contributed by atoms with Crippen molar-refractivity contribution in [3.63, 3.8) is 0 Å². The van der Waals surface area contributed by atoms with Gasteiger partial charge in [-0.2, -0.15) is 0 Å². The normalized spacial score (nSPS) is 10.4. The minimum absolute atomic E-state index is 0.0703. The molecular weight excluding hydrogens is 330 g/mol. The number of hydrogen-bond acceptors (Lipinski definition) is 8. The molecule has 2 N–H and O–H groups in total. The Labute approximate surface area is 133 Å². The average Bonchev–Trinajstić information content (AvgIpc) is 3.13. The van der Waals surface area contributed by atoms with Gasteiger partial charge in [0.2, 0.25) is 5.89 Å². The summed E-state index contributed by atoms with van der Waals surface area (Å²) < 4.78 is 5.20. The Morgan fingerprint density at radius 3 is 3.00 bits per heavy atom. The van der Waals surface area contributed by atoms with Crippen LogP contribution in [0.3, 0.4) is 0 Å². The SMILES string of the molecule is CN(Cc1cscn1)C(=O)NCc1nnc(SCC(=O)O)o1. The lowest BCUT2D eigenvalue weighted by Crippen LogP contribution is -2.36. The van der Waals surface area contributed by atoms with E-state index < -0.39 is 5.97 Å². The summed E-state index contributed by atoms with van der Waals surface area (Å²) in [6, 6.07) is -0.300. The standard InChI is InChI=1S/C11H13N5O4S2/c1-16(3-7-4-21-6-13-7)10(19)12-2-8-14-15-11(20-8)22-5-9(17)18/h4,6H,2-3,5H2,1H3,(H,12,19)(H,17,18). The lowest BCUT2D eigenvalue weighted by Gasteiger charge is -2.15. The Morgan fingerprint density at radius 1 is 1.50 bits per heavy atom. The highest BCUT2D eigenvalue weighted by molar-refractivity contribution is 7.99. The third-order valence-electron chi connectivity index (χ3n) is 2.39. The molecule has 0 saturated carbocycles. The molecule has 118 valence electrons. The summed E-state index contributed by atoms with van der Waals surface area (Å²) in [4.78, 5) is 27.9. The van der Waals surface area contributed by atoms with E-state index in [0.29, 0.717) is 6.54 Å². The largest absolute Gasteiger partial charge is 0.481 e. The highest BCUT2D eigenvalue weighted by Crippen LogP contribution is 2.15. The van der Waals surface area contributed by atoms with E-state index in [1.165, 1.54) is 16.2 Å². The molecule has 0 aliphatic rings. The molecule has 0 fully saturated rings. The van der Waals surface area contributed by atoms with Crippen LogP contribution in [0.15, 0.2) is 20.5 Å². The molecule has 2 amide bonds. The van der Waals surface area contributed by atoms with Gasteiger partial charge in [-0.05, 0) is 0 Å². The van der Waals surface area contributed by atoms with Crippen molar-refractivity contribution in [3.05, 3.63) is 22.5 Å². The zero-order chi connectivity index (χ0) is 15.9. The zero-order valence-electron chi connectivity index (χ0n) is 11.6. The van der Waals surface area contributed by atoms with Gasteiger partial charge in [0.1, 0.15) is 5.75 Å². The van der Waals surface area contributed by atoms with Crippen LogP contribution in [0.2, 0.25) is 0 Å². The van der Waals surface area contributed by atoms with Gasteiger partial charge in [0.25, 0.3) is 5.22 Å². The maximum absolute atomic E-state index is 11.9. The number of aliphatic carboxylic acids is 1. The molecule has 2 aromatic rings. The number of urea groups is 1. The molecule has 2 aromatic heterocycles. The third kappa shape index (κ3) is 5.00. The first-order valence-corrected chi connectivity index (χ1v) is 8.00. The van der Waals surface area contributed by atoms with E-state index in [1.54, 1.807) is 12.6 Å². The van der Waals surface area contributed by atoms with Crippen molar-refractivity contribution >= 4 is 35.1 Å². The predicted molar refractivity (Wildman–Crippen MR) is 78.5 cm³/mol. The van der Waals surface area contributed by atoms with Gasteiger partial charge in [0.05, 0.1) is 24.3 Å². The van der Waals surface area contributed by atoms with Gasteiger partial charge < -0.3 is 19.7 Å². The second-order valence-electron chi connectivity index (χ2n) is 4.14. The van der Waals surface area contributed by atoms with E-state index in [1.807, 2.05) is 5.38 Å². The van der Waals surface area contributed by atoms with E-state index in [9.17, 15) is 9.59 Å². The number of carbonyl (C=O) groups excluding carboxylic acids is 1. The van der Waals surface area contributed by atoms with Crippen molar-refractivity contribution in [2.24, 2.45) is 0 Å². The number of thiazole rings is 1. The summed E-state index contributed by atoms with van der Waals surface area (Å²) in [6.07, 6.45) is 0.